The van der Waals surface area contributed by atoms with Crippen LogP contribution in [0.2, 0.25) is 0 Å². The topological polar surface area (TPSA) is 52.6 Å². The lowest BCUT2D eigenvalue weighted by molar-refractivity contribution is -0.00244. The normalized spacial score (nSPS) is 20.2. The SMILES string of the molecule is CCCC(C)(C)c1ccc(C2(c3ccc(OC(=O)c4cccc(C(=O)OC(C)(C)CC)c4)cc3)CC(C)CC(C)(C)C2)cc1. The predicted octanol–water partition coefficient (Wildman–Crippen LogP) is 10.5. The van der Waals surface area contributed by atoms with Crippen molar-refractivity contribution in [1.82, 2.24) is 0 Å². The highest BCUT2D eigenvalue weighted by Gasteiger charge is 2.45. The van der Waals surface area contributed by atoms with Gasteiger partial charge < -0.3 is 9.47 Å². The monoisotopic (exact) mass is 596 g/mol. The van der Waals surface area contributed by atoms with Gasteiger partial charge in [0.2, 0.25) is 0 Å². The van der Waals surface area contributed by atoms with E-state index >= 15 is 0 Å². The van der Waals surface area contributed by atoms with Crippen molar-refractivity contribution in [2.45, 2.75) is 117 Å². The molecule has 1 fully saturated rings. The highest BCUT2D eigenvalue weighted by Crippen LogP contribution is 2.53. The standard InChI is InChI=1S/C40H52O4/c1-10-23-38(6,7)31-15-17-32(18-16-31)40(26-28(3)25-37(4,5)27-40)33-19-21-34(22-20-33)43-35(41)29-13-12-14-30(24-29)36(42)44-39(8,9)11-2/h12-22,24,28H,10-11,23,25-27H2,1-9H3. The molecule has 3 aromatic carbocycles. The van der Waals surface area contributed by atoms with Gasteiger partial charge in [0.05, 0.1) is 11.1 Å². The van der Waals surface area contributed by atoms with Gasteiger partial charge in [-0.25, -0.2) is 9.59 Å². The van der Waals surface area contributed by atoms with E-state index in [1.165, 1.54) is 29.2 Å². The largest absolute Gasteiger partial charge is 0.456 e. The van der Waals surface area contributed by atoms with Crippen LogP contribution in [-0.2, 0) is 15.6 Å². The smallest absolute Gasteiger partial charge is 0.343 e. The minimum Gasteiger partial charge on any atom is -0.456 e. The molecule has 0 amide bonds. The van der Waals surface area contributed by atoms with Crippen molar-refractivity contribution in [2.24, 2.45) is 11.3 Å². The van der Waals surface area contributed by atoms with Crippen molar-refractivity contribution in [2.75, 3.05) is 0 Å². The summed E-state index contributed by atoms with van der Waals surface area (Å²) in [5.74, 6) is 0.102. The van der Waals surface area contributed by atoms with E-state index < -0.39 is 17.5 Å². The molecule has 1 aliphatic rings. The second-order valence-corrected chi connectivity index (χ2v) is 15.1. The van der Waals surface area contributed by atoms with Crippen molar-refractivity contribution in [3.63, 3.8) is 0 Å². The van der Waals surface area contributed by atoms with Crippen molar-refractivity contribution in [3.8, 4) is 5.75 Å². The van der Waals surface area contributed by atoms with E-state index in [1.807, 2.05) is 32.9 Å². The van der Waals surface area contributed by atoms with Crippen LogP contribution in [0.25, 0.3) is 0 Å². The molecule has 4 heteroatoms. The number of hydrogen-bond acceptors (Lipinski definition) is 4. The number of rotatable bonds is 10. The molecule has 4 nitrogen and oxygen atoms in total. The predicted molar refractivity (Wildman–Crippen MR) is 180 cm³/mol. The quantitative estimate of drug-likeness (QED) is 0.173. The summed E-state index contributed by atoms with van der Waals surface area (Å²) >= 11 is 0. The first kappa shape index (κ1) is 33.5. The van der Waals surface area contributed by atoms with Crippen LogP contribution in [0.15, 0.2) is 72.8 Å². The van der Waals surface area contributed by atoms with E-state index in [4.69, 9.17) is 9.47 Å². The van der Waals surface area contributed by atoms with Crippen LogP contribution in [-0.4, -0.2) is 17.5 Å². The summed E-state index contributed by atoms with van der Waals surface area (Å²) in [6.07, 6.45) is 6.35. The van der Waals surface area contributed by atoms with Gasteiger partial charge in [-0.3, -0.25) is 0 Å². The Hall–Kier alpha value is -3.40. The van der Waals surface area contributed by atoms with E-state index in [1.54, 1.807) is 18.2 Å². The lowest BCUT2D eigenvalue weighted by atomic mass is 9.55. The fourth-order valence-corrected chi connectivity index (χ4v) is 7.35. The van der Waals surface area contributed by atoms with Crippen LogP contribution in [0.3, 0.4) is 0 Å². The fraction of sp³-hybridized carbons (Fsp3) is 0.500. The Morgan fingerprint density at radius 2 is 1.39 bits per heavy atom. The van der Waals surface area contributed by atoms with Crippen molar-refractivity contribution >= 4 is 11.9 Å². The molecule has 4 rings (SSSR count). The zero-order valence-corrected chi connectivity index (χ0v) is 28.4. The van der Waals surface area contributed by atoms with Gasteiger partial charge in [0.1, 0.15) is 11.4 Å². The zero-order chi connectivity index (χ0) is 32.3. The maximum absolute atomic E-state index is 13.1. The Kier molecular flexibility index (Phi) is 9.83. The molecule has 1 aliphatic carbocycles. The summed E-state index contributed by atoms with van der Waals surface area (Å²) in [6.45, 7) is 19.8. The third kappa shape index (κ3) is 7.62. The van der Waals surface area contributed by atoms with Crippen molar-refractivity contribution in [1.29, 1.82) is 0 Å². The first-order valence-electron chi connectivity index (χ1n) is 16.4. The maximum atomic E-state index is 13.1. The van der Waals surface area contributed by atoms with Gasteiger partial charge in [-0.1, -0.05) is 97.4 Å². The Morgan fingerprint density at radius 1 is 0.818 bits per heavy atom. The lowest BCUT2D eigenvalue weighted by Gasteiger charge is -2.49. The summed E-state index contributed by atoms with van der Waals surface area (Å²) in [6, 6.07) is 24.0. The summed E-state index contributed by atoms with van der Waals surface area (Å²) in [5, 5.41) is 0. The molecule has 0 spiro atoms. The molecular formula is C40H52O4. The molecule has 3 aromatic rings. The fourth-order valence-electron chi connectivity index (χ4n) is 7.35. The molecule has 1 saturated carbocycles. The molecule has 0 bridgehead atoms. The van der Waals surface area contributed by atoms with E-state index in [-0.39, 0.29) is 16.2 Å². The highest BCUT2D eigenvalue weighted by molar-refractivity contribution is 5.96. The number of ether oxygens (including phenoxy) is 2. The molecule has 2 atom stereocenters. The van der Waals surface area contributed by atoms with Crippen LogP contribution in [0.1, 0.15) is 138 Å². The second kappa shape index (κ2) is 12.9. The molecule has 2 unspecified atom stereocenters. The Morgan fingerprint density at radius 3 is 1.93 bits per heavy atom. The van der Waals surface area contributed by atoms with Crippen LogP contribution in [0.4, 0.5) is 0 Å². The van der Waals surface area contributed by atoms with E-state index in [2.05, 4.69) is 77.9 Å². The first-order chi connectivity index (χ1) is 20.6. The molecule has 0 heterocycles. The molecule has 44 heavy (non-hydrogen) atoms. The average molecular weight is 597 g/mol. The summed E-state index contributed by atoms with van der Waals surface area (Å²) < 4.78 is 11.4. The van der Waals surface area contributed by atoms with E-state index in [0.29, 0.717) is 29.2 Å². The molecular weight excluding hydrogens is 544 g/mol. The van der Waals surface area contributed by atoms with Gasteiger partial charge in [0.25, 0.3) is 0 Å². The maximum Gasteiger partial charge on any atom is 0.343 e. The number of hydrogen-bond donors (Lipinski definition) is 0. The third-order valence-corrected chi connectivity index (χ3v) is 9.64. The number of esters is 2. The molecule has 0 aromatic heterocycles. The summed E-state index contributed by atoms with van der Waals surface area (Å²) in [4.78, 5) is 25.8. The first-order valence-corrected chi connectivity index (χ1v) is 16.4. The van der Waals surface area contributed by atoms with Crippen molar-refractivity contribution in [3.05, 3.63) is 101 Å². The Bertz CT molecular complexity index is 1450. The van der Waals surface area contributed by atoms with Crippen LogP contribution < -0.4 is 4.74 Å². The van der Waals surface area contributed by atoms with Crippen LogP contribution in [0.5, 0.6) is 5.75 Å². The zero-order valence-electron chi connectivity index (χ0n) is 28.4. The molecule has 0 saturated heterocycles. The average Bonchev–Trinajstić information content (AvgIpc) is 2.96. The minimum absolute atomic E-state index is 0.127. The second-order valence-electron chi connectivity index (χ2n) is 15.1. The number of carbonyl (C=O) groups is 2. The number of carbonyl (C=O) groups excluding carboxylic acids is 2. The summed E-state index contributed by atoms with van der Waals surface area (Å²) in [7, 11) is 0. The minimum atomic E-state index is -0.578. The van der Waals surface area contributed by atoms with Crippen LogP contribution in [0, 0.1) is 11.3 Å². The Balaban J connectivity index is 1.60. The van der Waals surface area contributed by atoms with Gasteiger partial charge in [0, 0.05) is 5.41 Å². The summed E-state index contributed by atoms with van der Waals surface area (Å²) in [5.41, 5.74) is 4.27. The highest BCUT2D eigenvalue weighted by atomic mass is 16.6. The van der Waals surface area contributed by atoms with E-state index in [0.717, 1.165) is 25.7 Å². The van der Waals surface area contributed by atoms with Gasteiger partial charge in [-0.2, -0.15) is 0 Å². The van der Waals surface area contributed by atoms with E-state index in [9.17, 15) is 9.59 Å². The molecule has 0 N–H and O–H groups in total. The van der Waals surface area contributed by atoms with Crippen LogP contribution >= 0.6 is 0 Å². The molecule has 0 radical (unpaired) electrons. The van der Waals surface area contributed by atoms with Gasteiger partial charge in [-0.15, -0.1) is 0 Å². The molecule has 236 valence electrons. The lowest BCUT2D eigenvalue weighted by Crippen LogP contribution is -2.41. The molecule has 0 aliphatic heterocycles. The third-order valence-electron chi connectivity index (χ3n) is 9.64. The van der Waals surface area contributed by atoms with Gasteiger partial charge >= 0.3 is 11.9 Å². The van der Waals surface area contributed by atoms with Gasteiger partial charge in [-0.05, 0) is 110 Å². The van der Waals surface area contributed by atoms with Gasteiger partial charge in [0.15, 0.2) is 0 Å². The Labute approximate surface area is 265 Å². The number of benzene rings is 3. The van der Waals surface area contributed by atoms with Crippen molar-refractivity contribution < 1.29 is 19.1 Å².